The Kier molecular flexibility index (Phi) is 6.83. The molecule has 0 aliphatic heterocycles. The highest BCUT2D eigenvalue weighted by Gasteiger charge is 2.22. The molecule has 4 nitrogen and oxygen atoms in total. The molecule has 0 spiro atoms. The lowest BCUT2D eigenvalue weighted by molar-refractivity contribution is 0.419. The summed E-state index contributed by atoms with van der Waals surface area (Å²) in [6.07, 6.45) is 7.10. The zero-order valence-corrected chi connectivity index (χ0v) is 14.8. The number of thioether (sulfide) groups is 1. The van der Waals surface area contributed by atoms with Crippen LogP contribution in [-0.4, -0.2) is 35.0 Å². The Morgan fingerprint density at radius 3 is 3.05 bits per heavy atom. The van der Waals surface area contributed by atoms with Crippen molar-refractivity contribution in [2.75, 3.05) is 12.8 Å². The molecule has 0 saturated heterocycles. The molecular weight excluding hydrogens is 300 g/mol. The number of aromatic nitrogens is 1. The maximum atomic E-state index is 4.38. The lowest BCUT2D eigenvalue weighted by Crippen LogP contribution is -2.45. The Morgan fingerprint density at radius 2 is 2.38 bits per heavy atom. The maximum Gasteiger partial charge on any atom is 0.191 e. The summed E-state index contributed by atoms with van der Waals surface area (Å²) in [5.41, 5.74) is 0. The Hall–Kier alpha value is -0.750. The summed E-state index contributed by atoms with van der Waals surface area (Å²) < 4.78 is 0. The van der Waals surface area contributed by atoms with E-state index in [0.29, 0.717) is 6.04 Å². The van der Waals surface area contributed by atoms with E-state index in [0.717, 1.165) is 22.8 Å². The van der Waals surface area contributed by atoms with Crippen LogP contribution < -0.4 is 10.6 Å². The van der Waals surface area contributed by atoms with Crippen molar-refractivity contribution < 1.29 is 0 Å². The van der Waals surface area contributed by atoms with Gasteiger partial charge in [0.25, 0.3) is 0 Å². The van der Waals surface area contributed by atoms with Crippen molar-refractivity contribution in [3.8, 4) is 0 Å². The van der Waals surface area contributed by atoms with Crippen LogP contribution >= 0.6 is 23.1 Å². The molecule has 1 fully saturated rings. The molecule has 0 radical (unpaired) electrons. The van der Waals surface area contributed by atoms with Gasteiger partial charge in [-0.2, -0.15) is 11.8 Å². The van der Waals surface area contributed by atoms with Crippen molar-refractivity contribution in [1.82, 2.24) is 15.6 Å². The molecule has 0 amide bonds. The van der Waals surface area contributed by atoms with E-state index in [9.17, 15) is 0 Å². The minimum Gasteiger partial charge on any atom is -0.354 e. The number of nitrogens with zero attached hydrogens (tertiary/aromatic N) is 2. The average molecular weight is 327 g/mol. The second kappa shape index (κ2) is 8.63. The molecule has 1 aromatic heterocycles. The van der Waals surface area contributed by atoms with Gasteiger partial charge in [-0.1, -0.05) is 13.3 Å². The van der Waals surface area contributed by atoms with Crippen molar-refractivity contribution >= 4 is 29.1 Å². The molecule has 0 bridgehead atoms. The highest BCUT2D eigenvalue weighted by atomic mass is 32.2. The van der Waals surface area contributed by atoms with Crippen LogP contribution in [0.4, 0.5) is 0 Å². The molecule has 1 aliphatic rings. The third-order valence-electron chi connectivity index (χ3n) is 3.67. The minimum atomic E-state index is 0.548. The van der Waals surface area contributed by atoms with Crippen molar-refractivity contribution in [3.63, 3.8) is 0 Å². The van der Waals surface area contributed by atoms with Crippen LogP contribution in [0.5, 0.6) is 0 Å². The van der Waals surface area contributed by atoms with Gasteiger partial charge in [-0.15, -0.1) is 11.3 Å². The van der Waals surface area contributed by atoms with Gasteiger partial charge in [0.15, 0.2) is 5.96 Å². The van der Waals surface area contributed by atoms with E-state index in [1.165, 1.54) is 36.3 Å². The van der Waals surface area contributed by atoms with E-state index >= 15 is 0 Å². The summed E-state index contributed by atoms with van der Waals surface area (Å²) in [7, 11) is 1.84. The molecule has 2 atom stereocenters. The first-order chi connectivity index (χ1) is 10.2. The highest BCUT2D eigenvalue weighted by molar-refractivity contribution is 7.99. The second-order valence-corrected chi connectivity index (χ2v) is 8.27. The predicted octanol–water partition coefficient (Wildman–Crippen LogP) is 3.18. The van der Waals surface area contributed by atoms with Crippen molar-refractivity contribution in [1.29, 1.82) is 0 Å². The van der Waals surface area contributed by atoms with Gasteiger partial charge in [0.1, 0.15) is 5.01 Å². The molecule has 0 aromatic carbocycles. The molecule has 6 heteroatoms. The van der Waals surface area contributed by atoms with Gasteiger partial charge < -0.3 is 10.6 Å². The van der Waals surface area contributed by atoms with Crippen LogP contribution in [-0.2, 0) is 6.54 Å². The van der Waals surface area contributed by atoms with Gasteiger partial charge in [-0.25, -0.2) is 4.98 Å². The molecule has 1 aliphatic carbocycles. The van der Waals surface area contributed by atoms with Crippen LogP contribution in [0.2, 0.25) is 0 Å². The summed E-state index contributed by atoms with van der Waals surface area (Å²) in [5, 5.41) is 8.86. The van der Waals surface area contributed by atoms with Crippen LogP contribution in [0.1, 0.15) is 42.5 Å². The standard InChI is InChI=1S/C15H26N4S2/c1-4-20-13-7-5-6-12(8-13)19-15(16-3)18-10-14-17-9-11(2)21-14/h9,12-13H,4-8,10H2,1-3H3,(H2,16,18,19). The maximum absolute atomic E-state index is 4.38. The number of hydrogen-bond donors (Lipinski definition) is 2. The number of thiazole rings is 1. The average Bonchev–Trinajstić information content (AvgIpc) is 2.90. The van der Waals surface area contributed by atoms with E-state index in [2.05, 4.69) is 46.2 Å². The number of rotatable bonds is 5. The molecular formula is C15H26N4S2. The zero-order chi connectivity index (χ0) is 15.1. The van der Waals surface area contributed by atoms with Crippen LogP contribution in [0.3, 0.4) is 0 Å². The van der Waals surface area contributed by atoms with E-state index in [1.807, 2.05) is 13.2 Å². The lowest BCUT2D eigenvalue weighted by Gasteiger charge is -2.30. The smallest absolute Gasteiger partial charge is 0.191 e. The zero-order valence-electron chi connectivity index (χ0n) is 13.2. The van der Waals surface area contributed by atoms with Crippen molar-refractivity contribution in [3.05, 3.63) is 16.1 Å². The predicted molar refractivity (Wildman–Crippen MR) is 94.4 cm³/mol. The van der Waals surface area contributed by atoms with E-state index in [1.54, 1.807) is 11.3 Å². The van der Waals surface area contributed by atoms with Gasteiger partial charge in [-0.05, 0) is 31.9 Å². The monoisotopic (exact) mass is 326 g/mol. The van der Waals surface area contributed by atoms with Crippen LogP contribution in [0, 0.1) is 6.92 Å². The largest absolute Gasteiger partial charge is 0.354 e. The molecule has 1 heterocycles. The Balaban J connectivity index is 1.79. The number of aliphatic imine (C=N–C) groups is 1. The Morgan fingerprint density at radius 1 is 1.52 bits per heavy atom. The lowest BCUT2D eigenvalue weighted by atomic mass is 9.95. The topological polar surface area (TPSA) is 49.3 Å². The summed E-state index contributed by atoms with van der Waals surface area (Å²) >= 11 is 3.83. The summed E-state index contributed by atoms with van der Waals surface area (Å²) in [6, 6.07) is 0.548. The number of aryl methyl sites for hydroxylation is 1. The van der Waals surface area contributed by atoms with E-state index in [-0.39, 0.29) is 0 Å². The Bertz CT molecular complexity index is 456. The van der Waals surface area contributed by atoms with Gasteiger partial charge in [0, 0.05) is 29.4 Å². The minimum absolute atomic E-state index is 0.548. The summed E-state index contributed by atoms with van der Waals surface area (Å²) in [5.74, 6) is 2.11. The number of guanidine groups is 1. The quantitative estimate of drug-likeness (QED) is 0.644. The number of hydrogen-bond acceptors (Lipinski definition) is 4. The first-order valence-electron chi connectivity index (χ1n) is 7.71. The van der Waals surface area contributed by atoms with E-state index in [4.69, 9.17) is 0 Å². The van der Waals surface area contributed by atoms with Gasteiger partial charge in [0.05, 0.1) is 6.54 Å². The van der Waals surface area contributed by atoms with Gasteiger partial charge >= 0.3 is 0 Å². The fourth-order valence-corrected chi connectivity index (χ4v) is 4.59. The SMILES string of the molecule is CCSC1CCCC(NC(=NC)NCc2ncc(C)s2)C1. The normalized spacial score (nSPS) is 23.1. The molecule has 2 unspecified atom stereocenters. The van der Waals surface area contributed by atoms with Crippen LogP contribution in [0.25, 0.3) is 0 Å². The first-order valence-corrected chi connectivity index (χ1v) is 9.58. The fraction of sp³-hybridized carbons (Fsp3) is 0.733. The second-order valence-electron chi connectivity index (χ2n) is 5.38. The Labute approximate surface area is 136 Å². The third-order valence-corrected chi connectivity index (χ3v) is 5.81. The molecule has 2 N–H and O–H groups in total. The van der Waals surface area contributed by atoms with Gasteiger partial charge in [-0.3, -0.25) is 4.99 Å². The highest BCUT2D eigenvalue weighted by Crippen LogP contribution is 2.28. The number of nitrogens with one attached hydrogen (secondary N) is 2. The summed E-state index contributed by atoms with van der Waals surface area (Å²) in [6.45, 7) is 5.08. The van der Waals surface area contributed by atoms with Crippen LogP contribution in [0.15, 0.2) is 11.2 Å². The first kappa shape index (κ1) is 16.6. The molecule has 2 rings (SSSR count). The van der Waals surface area contributed by atoms with Gasteiger partial charge in [0.2, 0.25) is 0 Å². The van der Waals surface area contributed by atoms with E-state index < -0.39 is 0 Å². The third kappa shape index (κ3) is 5.51. The van der Waals surface area contributed by atoms with Crippen molar-refractivity contribution in [2.45, 2.75) is 57.4 Å². The summed E-state index contributed by atoms with van der Waals surface area (Å²) in [4.78, 5) is 9.97. The van der Waals surface area contributed by atoms with Crippen molar-refractivity contribution in [2.24, 2.45) is 4.99 Å². The molecule has 1 aromatic rings. The molecule has 21 heavy (non-hydrogen) atoms. The fourth-order valence-electron chi connectivity index (χ4n) is 2.69. The molecule has 1 saturated carbocycles. The molecule has 118 valence electrons.